The van der Waals surface area contributed by atoms with E-state index in [1.54, 1.807) is 0 Å². The van der Waals surface area contributed by atoms with Crippen molar-refractivity contribution in [3.8, 4) is 6.07 Å². The smallest absolute Gasteiger partial charge is 0.272 e. The van der Waals surface area contributed by atoms with Gasteiger partial charge in [0.15, 0.2) is 5.82 Å². The maximum absolute atomic E-state index is 13.1. The normalized spacial score (nSPS) is 25.2. The van der Waals surface area contributed by atoms with Gasteiger partial charge in [0, 0.05) is 0 Å². The second-order valence-electron chi connectivity index (χ2n) is 7.35. The van der Waals surface area contributed by atoms with E-state index in [1.165, 1.54) is 47.0 Å². The van der Waals surface area contributed by atoms with Crippen molar-refractivity contribution in [3.63, 3.8) is 0 Å². The Hall–Kier alpha value is -3.89. The zero-order valence-corrected chi connectivity index (χ0v) is 17.0. The Morgan fingerprint density at radius 2 is 2.06 bits per heavy atom. The molecule has 1 aliphatic rings. The van der Waals surface area contributed by atoms with Crippen LogP contribution in [0.1, 0.15) is 11.3 Å². The Morgan fingerprint density at radius 1 is 1.33 bits per heavy atom. The third-order valence-electron chi connectivity index (χ3n) is 5.32. The zero-order valence-electron chi connectivity index (χ0n) is 17.0. The van der Waals surface area contributed by atoms with E-state index in [1.807, 2.05) is 6.07 Å². The summed E-state index contributed by atoms with van der Waals surface area (Å²) in [6, 6.07) is 10.2. The molecule has 1 fully saturated rings. The minimum Gasteiger partial charge on any atom is -0.394 e. The van der Waals surface area contributed by atoms with Gasteiger partial charge < -0.3 is 31.1 Å². The number of nitrogens with two attached hydrogens (primary N) is 1. The van der Waals surface area contributed by atoms with Gasteiger partial charge in [-0.25, -0.2) is 13.9 Å². The van der Waals surface area contributed by atoms with Gasteiger partial charge >= 0.3 is 0 Å². The standard InChI is InChI=1S/C21H19FN6O5/c22-12-3-1-11(2-4-12)7-13(24)20(32)27-19-14-5-6-16(28(14)26-10-25-19)21(9-23)18(31)17(30)15(8-29)33-21/h1-7,10,15,17-18,29-31H,8,24H2,(H,25,26,27,32)/b13-7-/t15-,17-,18-,21+/m1/s1. The molecule has 6 N–H and O–H groups in total. The van der Waals surface area contributed by atoms with E-state index in [2.05, 4.69) is 15.4 Å². The van der Waals surface area contributed by atoms with Crippen LogP contribution in [0.5, 0.6) is 0 Å². The summed E-state index contributed by atoms with van der Waals surface area (Å²) in [6.07, 6.45) is -1.88. The van der Waals surface area contributed by atoms with Crippen molar-refractivity contribution < 1.29 is 29.2 Å². The lowest BCUT2D eigenvalue weighted by Gasteiger charge is -2.24. The number of aliphatic hydroxyl groups is 3. The summed E-state index contributed by atoms with van der Waals surface area (Å²) in [7, 11) is 0. The molecule has 11 nitrogen and oxygen atoms in total. The number of halogens is 1. The van der Waals surface area contributed by atoms with E-state index in [9.17, 15) is 29.8 Å². The predicted octanol–water partition coefficient (Wildman–Crippen LogP) is -0.362. The van der Waals surface area contributed by atoms with E-state index in [-0.39, 0.29) is 22.7 Å². The number of amides is 1. The first kappa shape index (κ1) is 22.3. The number of anilines is 1. The number of rotatable bonds is 5. The van der Waals surface area contributed by atoms with Gasteiger partial charge in [0.25, 0.3) is 5.91 Å². The van der Waals surface area contributed by atoms with E-state index < -0.39 is 42.2 Å². The molecule has 3 aromatic rings. The third-order valence-corrected chi connectivity index (χ3v) is 5.32. The molecule has 1 aliphatic heterocycles. The van der Waals surface area contributed by atoms with E-state index in [0.717, 1.165) is 6.33 Å². The fourth-order valence-electron chi connectivity index (χ4n) is 3.62. The highest BCUT2D eigenvalue weighted by atomic mass is 19.1. The second kappa shape index (κ2) is 8.57. The molecule has 2 aromatic heterocycles. The Bertz CT molecular complexity index is 1270. The average molecular weight is 454 g/mol. The Balaban J connectivity index is 1.66. The molecule has 0 aliphatic carbocycles. The van der Waals surface area contributed by atoms with Crippen LogP contribution in [0.3, 0.4) is 0 Å². The summed E-state index contributed by atoms with van der Waals surface area (Å²) in [4.78, 5) is 16.6. The van der Waals surface area contributed by atoms with Crippen LogP contribution in [0.15, 0.2) is 48.4 Å². The number of carbonyl (C=O) groups excluding carboxylic acids is 1. The summed E-state index contributed by atoms with van der Waals surface area (Å²) >= 11 is 0. The van der Waals surface area contributed by atoms with Crippen LogP contribution < -0.4 is 11.1 Å². The zero-order chi connectivity index (χ0) is 23.8. The van der Waals surface area contributed by atoms with E-state index in [0.29, 0.717) is 5.56 Å². The number of aromatic nitrogens is 3. The summed E-state index contributed by atoms with van der Waals surface area (Å²) in [5.74, 6) is -1.06. The fraction of sp³-hybridized carbons (Fsp3) is 0.238. The summed E-state index contributed by atoms with van der Waals surface area (Å²) in [5, 5.41) is 46.4. The lowest BCUT2D eigenvalue weighted by Crippen LogP contribution is -2.41. The van der Waals surface area contributed by atoms with Crippen molar-refractivity contribution in [3.05, 3.63) is 65.5 Å². The number of nitriles is 1. The van der Waals surface area contributed by atoms with Crippen molar-refractivity contribution >= 4 is 23.3 Å². The Labute approximate surface area is 186 Å². The summed E-state index contributed by atoms with van der Waals surface area (Å²) in [6.45, 7) is -0.610. The first-order valence-electron chi connectivity index (χ1n) is 9.74. The molecule has 0 spiro atoms. The number of benzene rings is 1. The quantitative estimate of drug-likeness (QED) is 0.322. The number of nitrogens with one attached hydrogen (secondary N) is 1. The molecule has 1 amide bonds. The van der Waals surface area contributed by atoms with E-state index in [4.69, 9.17) is 10.5 Å². The maximum Gasteiger partial charge on any atom is 0.272 e. The van der Waals surface area contributed by atoms with Crippen LogP contribution in [0, 0.1) is 17.1 Å². The summed E-state index contributed by atoms with van der Waals surface area (Å²) in [5.41, 5.74) is 4.50. The van der Waals surface area contributed by atoms with Gasteiger partial charge in [-0.2, -0.15) is 10.4 Å². The number of aliphatic hydroxyl groups excluding tert-OH is 3. The molecule has 1 saturated heterocycles. The van der Waals surface area contributed by atoms with Crippen LogP contribution in [-0.2, 0) is 15.1 Å². The molecule has 170 valence electrons. The van der Waals surface area contributed by atoms with Gasteiger partial charge in [-0.05, 0) is 35.9 Å². The molecular weight excluding hydrogens is 435 g/mol. The van der Waals surface area contributed by atoms with E-state index >= 15 is 0 Å². The molecule has 0 unspecified atom stereocenters. The molecule has 1 aromatic carbocycles. The van der Waals surface area contributed by atoms with Crippen molar-refractivity contribution in [1.82, 2.24) is 14.6 Å². The van der Waals surface area contributed by atoms with Crippen LogP contribution in [0.4, 0.5) is 10.2 Å². The van der Waals surface area contributed by atoms with Crippen molar-refractivity contribution in [2.24, 2.45) is 5.73 Å². The molecule has 3 heterocycles. The average Bonchev–Trinajstić information content (AvgIpc) is 3.36. The number of carbonyl (C=O) groups is 1. The topological polar surface area (TPSA) is 179 Å². The molecule has 0 saturated carbocycles. The van der Waals surface area contributed by atoms with Gasteiger partial charge in [-0.3, -0.25) is 4.79 Å². The lowest BCUT2D eigenvalue weighted by molar-refractivity contribution is -0.112. The SMILES string of the molecule is N#C[C@@]1(c2ccc3c(NC(=O)/C(N)=C/c4ccc(F)cc4)ncnn23)O[C@H](CO)[C@@H](O)[C@H]1O. The number of hydrogen-bond donors (Lipinski definition) is 5. The number of nitrogens with zero attached hydrogens (tertiary/aromatic N) is 4. The second-order valence-corrected chi connectivity index (χ2v) is 7.35. The van der Waals surface area contributed by atoms with Crippen molar-refractivity contribution in [2.45, 2.75) is 23.9 Å². The van der Waals surface area contributed by atoms with Crippen molar-refractivity contribution in [1.29, 1.82) is 5.26 Å². The van der Waals surface area contributed by atoms with Crippen LogP contribution in [0.2, 0.25) is 0 Å². The lowest BCUT2D eigenvalue weighted by atomic mass is 9.92. The van der Waals surface area contributed by atoms with Crippen molar-refractivity contribution in [2.75, 3.05) is 11.9 Å². The molecule has 0 radical (unpaired) electrons. The number of hydrogen-bond acceptors (Lipinski definition) is 9. The number of ether oxygens (including phenoxy) is 1. The minimum atomic E-state index is -2.02. The first-order chi connectivity index (χ1) is 15.8. The fourth-order valence-corrected chi connectivity index (χ4v) is 3.62. The van der Waals surface area contributed by atoms with Gasteiger partial charge in [0.1, 0.15) is 42.0 Å². The van der Waals surface area contributed by atoms with Gasteiger partial charge in [-0.15, -0.1) is 0 Å². The minimum absolute atomic E-state index is 0.0524. The molecule has 12 heteroatoms. The predicted molar refractivity (Wildman–Crippen MR) is 111 cm³/mol. The van der Waals surface area contributed by atoms with Gasteiger partial charge in [-0.1, -0.05) is 12.1 Å². The highest BCUT2D eigenvalue weighted by molar-refractivity contribution is 6.07. The first-order valence-corrected chi connectivity index (χ1v) is 9.74. The largest absolute Gasteiger partial charge is 0.394 e. The van der Waals surface area contributed by atoms with Crippen LogP contribution in [0.25, 0.3) is 11.6 Å². The molecular formula is C21H19FN6O5. The highest BCUT2D eigenvalue weighted by Gasteiger charge is 2.57. The maximum atomic E-state index is 13.1. The Morgan fingerprint density at radius 3 is 2.70 bits per heavy atom. The molecule has 0 bridgehead atoms. The van der Waals surface area contributed by atoms with Crippen LogP contribution in [-0.4, -0.2) is 60.7 Å². The van der Waals surface area contributed by atoms with Gasteiger partial charge in [0.2, 0.25) is 5.60 Å². The highest BCUT2D eigenvalue weighted by Crippen LogP contribution is 2.40. The third kappa shape index (κ3) is 3.79. The number of fused-ring (bicyclic) bond motifs is 1. The summed E-state index contributed by atoms with van der Waals surface area (Å²) < 4.78 is 19.8. The molecule has 33 heavy (non-hydrogen) atoms. The molecule has 4 atom stereocenters. The van der Waals surface area contributed by atoms with Gasteiger partial charge in [0.05, 0.1) is 18.0 Å². The molecule has 4 rings (SSSR count). The van der Waals surface area contributed by atoms with Crippen LogP contribution >= 0.6 is 0 Å². The Kier molecular flexibility index (Phi) is 5.79. The monoisotopic (exact) mass is 454 g/mol.